The van der Waals surface area contributed by atoms with Gasteiger partial charge in [0.05, 0.1) is 4.90 Å². The summed E-state index contributed by atoms with van der Waals surface area (Å²) in [6, 6.07) is 9.48. The number of fused-ring (bicyclic) bond motifs is 1. The number of rotatable bonds is 3. The molecule has 154 valence electrons. The average molecular weight is 427 g/mol. The average Bonchev–Trinajstić information content (AvgIpc) is 2.80. The van der Waals surface area contributed by atoms with Crippen LogP contribution in [0.2, 0.25) is 5.02 Å². The van der Waals surface area contributed by atoms with Crippen molar-refractivity contribution in [2.24, 2.45) is 0 Å². The topological polar surface area (TPSA) is 89.9 Å². The molecule has 1 N–H and O–H groups in total. The molecule has 0 bridgehead atoms. The second-order valence-corrected chi connectivity index (χ2v) is 8.58. The zero-order valence-corrected chi connectivity index (χ0v) is 17.8. The van der Waals surface area contributed by atoms with Crippen molar-refractivity contribution >= 4 is 21.7 Å². The first-order valence-corrected chi connectivity index (χ1v) is 10.7. The number of ether oxygens (including phenoxy) is 1. The lowest BCUT2D eigenvalue weighted by Gasteiger charge is -2.16. The van der Waals surface area contributed by atoms with Crippen LogP contribution in [0.1, 0.15) is 23.6 Å². The van der Waals surface area contributed by atoms with Crippen molar-refractivity contribution in [1.82, 2.24) is 4.90 Å². The fourth-order valence-electron chi connectivity index (χ4n) is 2.90. The minimum absolute atomic E-state index is 0.178. The number of likely N-dealkylation sites (N-methyl/N-ethyl adjacent to an activating group) is 1. The van der Waals surface area contributed by atoms with Gasteiger partial charge in [-0.05, 0) is 63.6 Å². The molecule has 1 aliphatic heterocycles. The van der Waals surface area contributed by atoms with E-state index in [2.05, 4.69) is 11.9 Å². The van der Waals surface area contributed by atoms with Gasteiger partial charge in [-0.25, -0.2) is 8.42 Å². The summed E-state index contributed by atoms with van der Waals surface area (Å²) in [4.78, 5) is 2.10. The van der Waals surface area contributed by atoms with Gasteiger partial charge in [-0.1, -0.05) is 29.3 Å². The molecule has 0 fully saturated rings. The summed E-state index contributed by atoms with van der Waals surface area (Å²) in [5, 5.41) is 10.1. The molecule has 0 radical (unpaired) electrons. The van der Waals surface area contributed by atoms with Gasteiger partial charge in [0, 0.05) is 23.7 Å². The Bertz CT molecular complexity index is 898. The highest BCUT2D eigenvalue weighted by molar-refractivity contribution is 7.85. The van der Waals surface area contributed by atoms with Crippen LogP contribution in [0.15, 0.2) is 41.3 Å². The van der Waals surface area contributed by atoms with Gasteiger partial charge in [0.15, 0.2) is 6.29 Å². The van der Waals surface area contributed by atoms with E-state index in [0.717, 1.165) is 53.4 Å². The number of aliphatic hydroxyl groups excluding tert-OH is 1. The molecule has 1 aliphatic rings. The maximum Gasteiger partial charge on any atom is 0.194 e. The van der Waals surface area contributed by atoms with Gasteiger partial charge < -0.3 is 19.3 Å². The lowest BCUT2D eigenvalue weighted by Crippen LogP contribution is -2.20. The molecule has 8 heteroatoms. The van der Waals surface area contributed by atoms with E-state index in [4.69, 9.17) is 16.3 Å². The van der Waals surface area contributed by atoms with E-state index in [0.29, 0.717) is 0 Å². The molecule has 6 nitrogen and oxygen atoms in total. The molecule has 0 saturated carbocycles. The summed E-state index contributed by atoms with van der Waals surface area (Å²) in [5.41, 5.74) is 3.23. The van der Waals surface area contributed by atoms with E-state index in [1.54, 1.807) is 19.1 Å². The van der Waals surface area contributed by atoms with Crippen LogP contribution in [-0.4, -0.2) is 49.4 Å². The van der Waals surface area contributed by atoms with Crippen molar-refractivity contribution in [3.63, 3.8) is 0 Å². The third kappa shape index (κ3) is 6.46. The maximum absolute atomic E-state index is 10.4. The molecule has 1 heterocycles. The predicted molar refractivity (Wildman–Crippen MR) is 108 cm³/mol. The van der Waals surface area contributed by atoms with E-state index in [1.807, 2.05) is 19.1 Å². The summed E-state index contributed by atoms with van der Waals surface area (Å²) in [7, 11) is -2.16. The van der Waals surface area contributed by atoms with Gasteiger partial charge in [0.2, 0.25) is 0 Å². The summed E-state index contributed by atoms with van der Waals surface area (Å²) in [6.07, 6.45) is 1.05. The zero-order valence-electron chi connectivity index (χ0n) is 16.2. The molecule has 0 aliphatic carbocycles. The monoisotopic (exact) mass is 426 g/mol. The van der Waals surface area contributed by atoms with Gasteiger partial charge >= 0.3 is 0 Å². The Labute approximate surface area is 171 Å². The largest absolute Gasteiger partial charge is 0.744 e. The van der Waals surface area contributed by atoms with Gasteiger partial charge in [0.25, 0.3) is 0 Å². The Morgan fingerprint density at radius 2 is 1.68 bits per heavy atom. The van der Waals surface area contributed by atoms with Crippen molar-refractivity contribution in [3.05, 3.63) is 58.1 Å². The van der Waals surface area contributed by atoms with Gasteiger partial charge in [0.1, 0.15) is 15.9 Å². The molecule has 1 atom stereocenters. The van der Waals surface area contributed by atoms with Gasteiger partial charge in [-0.2, -0.15) is 0 Å². The predicted octanol–water partition coefficient (Wildman–Crippen LogP) is 2.99. The lowest BCUT2D eigenvalue weighted by atomic mass is 10.0. The molecule has 0 spiro atoms. The van der Waals surface area contributed by atoms with Crippen molar-refractivity contribution in [1.29, 1.82) is 0 Å². The van der Waals surface area contributed by atoms with E-state index in [1.165, 1.54) is 12.1 Å². The van der Waals surface area contributed by atoms with Crippen LogP contribution in [0.5, 0.6) is 5.75 Å². The number of hydrogen-bond donors (Lipinski definition) is 1. The van der Waals surface area contributed by atoms with Crippen LogP contribution >= 0.6 is 11.6 Å². The second-order valence-electron chi connectivity index (χ2n) is 6.79. The smallest absolute Gasteiger partial charge is 0.194 e. The summed E-state index contributed by atoms with van der Waals surface area (Å²) < 4.78 is 36.6. The molecular weight excluding hydrogens is 402 g/mol. The first-order chi connectivity index (χ1) is 13.1. The third-order valence-corrected chi connectivity index (χ3v) is 5.63. The standard InChI is InChI=1S/C13H18ClNO2.C7H8O3S/c1-9(16)17-13-4-3-12(14)10-5-7-15(2)8-6-11(10)13;1-6-2-4-7(5-3-6)11(8,9)10/h3-4,9,16H,5-8H2,1-2H3;2-5H,1H3,(H,8,9,10)/p-1. The fraction of sp³-hybridized carbons (Fsp3) is 0.400. The minimum atomic E-state index is -4.27. The van der Waals surface area contributed by atoms with Crippen molar-refractivity contribution in [3.8, 4) is 5.75 Å². The number of hydrogen-bond acceptors (Lipinski definition) is 6. The fourth-order valence-corrected chi connectivity index (χ4v) is 3.64. The van der Waals surface area contributed by atoms with Crippen LogP contribution < -0.4 is 4.74 Å². The molecule has 2 aromatic rings. The van der Waals surface area contributed by atoms with Crippen LogP contribution in [0, 0.1) is 6.92 Å². The molecule has 28 heavy (non-hydrogen) atoms. The van der Waals surface area contributed by atoms with Crippen LogP contribution in [-0.2, 0) is 23.0 Å². The molecule has 0 saturated heterocycles. The van der Waals surface area contributed by atoms with Crippen molar-refractivity contribution in [2.75, 3.05) is 20.1 Å². The SMILES string of the molecule is CC(O)Oc1ccc(Cl)c2c1CCN(C)CC2.Cc1ccc(S(=O)(=O)[O-])cc1. The molecule has 0 aromatic heterocycles. The Morgan fingerprint density at radius 3 is 2.21 bits per heavy atom. The highest BCUT2D eigenvalue weighted by atomic mass is 35.5. The number of nitrogens with zero attached hydrogens (tertiary/aromatic N) is 1. The quantitative estimate of drug-likeness (QED) is 0.599. The Hall–Kier alpha value is -1.64. The molecule has 0 amide bonds. The molecule has 2 aromatic carbocycles. The minimum Gasteiger partial charge on any atom is -0.744 e. The highest BCUT2D eigenvalue weighted by Gasteiger charge is 2.18. The summed E-state index contributed by atoms with van der Waals surface area (Å²) in [6.45, 7) is 5.43. The van der Waals surface area contributed by atoms with E-state index in [-0.39, 0.29) is 4.90 Å². The van der Waals surface area contributed by atoms with Crippen LogP contribution in [0.3, 0.4) is 0 Å². The van der Waals surface area contributed by atoms with Crippen molar-refractivity contribution < 1.29 is 22.8 Å². The number of halogens is 1. The Balaban J connectivity index is 0.000000221. The van der Waals surface area contributed by atoms with Crippen molar-refractivity contribution in [2.45, 2.75) is 37.9 Å². The second kappa shape index (κ2) is 9.71. The number of benzene rings is 2. The lowest BCUT2D eigenvalue weighted by molar-refractivity contribution is -0.00105. The van der Waals surface area contributed by atoms with E-state index >= 15 is 0 Å². The first kappa shape index (κ1) is 22.6. The normalized spacial score (nSPS) is 15.6. The number of aryl methyl sites for hydroxylation is 1. The zero-order chi connectivity index (χ0) is 20.9. The third-order valence-electron chi connectivity index (χ3n) is 4.43. The maximum atomic E-state index is 10.4. The number of aliphatic hydroxyl groups is 1. The molecular formula is C20H25ClNO5S-. The van der Waals surface area contributed by atoms with E-state index in [9.17, 15) is 18.1 Å². The first-order valence-electron chi connectivity index (χ1n) is 8.94. The molecule has 3 rings (SSSR count). The van der Waals surface area contributed by atoms with E-state index < -0.39 is 16.4 Å². The molecule has 1 unspecified atom stereocenters. The van der Waals surface area contributed by atoms with Crippen LogP contribution in [0.25, 0.3) is 0 Å². The van der Waals surface area contributed by atoms with Gasteiger partial charge in [-0.3, -0.25) is 0 Å². The summed E-state index contributed by atoms with van der Waals surface area (Å²) in [5.74, 6) is 0.759. The summed E-state index contributed by atoms with van der Waals surface area (Å²) >= 11 is 6.23. The van der Waals surface area contributed by atoms with Crippen LogP contribution in [0.4, 0.5) is 0 Å². The highest BCUT2D eigenvalue weighted by Crippen LogP contribution is 2.32. The van der Waals surface area contributed by atoms with Gasteiger partial charge in [-0.15, -0.1) is 0 Å². The Kier molecular flexibility index (Phi) is 7.86. The Morgan fingerprint density at radius 1 is 1.11 bits per heavy atom.